The van der Waals surface area contributed by atoms with E-state index in [2.05, 4.69) is 5.32 Å². The van der Waals surface area contributed by atoms with Crippen molar-refractivity contribution in [1.29, 1.82) is 5.26 Å². The molecule has 2 aromatic carbocycles. The number of benzene rings is 2. The molecule has 116 valence electrons. The summed E-state index contributed by atoms with van der Waals surface area (Å²) >= 11 is 0. The highest BCUT2D eigenvalue weighted by molar-refractivity contribution is 6.09. The lowest BCUT2D eigenvalue weighted by atomic mass is 10.1. The van der Waals surface area contributed by atoms with Crippen LogP contribution in [0.3, 0.4) is 0 Å². The average molecular weight is 306 g/mol. The van der Waals surface area contributed by atoms with E-state index < -0.39 is 5.91 Å². The Morgan fingerprint density at radius 1 is 1.26 bits per heavy atom. The molecular weight excluding hydrogens is 288 g/mol. The van der Waals surface area contributed by atoms with Crippen molar-refractivity contribution >= 4 is 17.7 Å². The van der Waals surface area contributed by atoms with Gasteiger partial charge < -0.3 is 10.1 Å². The van der Waals surface area contributed by atoms with Crippen LogP contribution in [-0.4, -0.2) is 12.5 Å². The van der Waals surface area contributed by atoms with Crippen LogP contribution in [0.2, 0.25) is 0 Å². The summed E-state index contributed by atoms with van der Waals surface area (Å²) in [5.41, 5.74) is 2.57. The maximum absolute atomic E-state index is 12.2. The highest BCUT2D eigenvalue weighted by atomic mass is 16.5. The van der Waals surface area contributed by atoms with Gasteiger partial charge in [0, 0.05) is 11.8 Å². The van der Waals surface area contributed by atoms with Gasteiger partial charge in [0.1, 0.15) is 17.4 Å². The van der Waals surface area contributed by atoms with Crippen molar-refractivity contribution in [3.8, 4) is 11.8 Å². The lowest BCUT2D eigenvalue weighted by Gasteiger charge is -2.07. The van der Waals surface area contributed by atoms with Gasteiger partial charge in [-0.25, -0.2) is 0 Å². The molecule has 0 heterocycles. The Morgan fingerprint density at radius 3 is 2.65 bits per heavy atom. The maximum Gasteiger partial charge on any atom is 0.266 e. The normalized spacial score (nSPS) is 10.7. The summed E-state index contributed by atoms with van der Waals surface area (Å²) < 4.78 is 5.39. The summed E-state index contributed by atoms with van der Waals surface area (Å²) in [7, 11) is 0. The third-order valence-corrected chi connectivity index (χ3v) is 3.16. The van der Waals surface area contributed by atoms with E-state index in [1.807, 2.05) is 50.2 Å². The smallest absolute Gasteiger partial charge is 0.266 e. The topological polar surface area (TPSA) is 62.1 Å². The molecule has 0 bridgehead atoms. The maximum atomic E-state index is 12.2. The summed E-state index contributed by atoms with van der Waals surface area (Å²) in [5.74, 6) is 0.230. The first-order valence-corrected chi connectivity index (χ1v) is 7.35. The number of nitriles is 1. The molecule has 0 saturated heterocycles. The Labute approximate surface area is 136 Å². The molecule has 0 fully saturated rings. The van der Waals surface area contributed by atoms with Gasteiger partial charge in [0.15, 0.2) is 0 Å². The van der Waals surface area contributed by atoms with E-state index in [0.29, 0.717) is 18.0 Å². The van der Waals surface area contributed by atoms with E-state index >= 15 is 0 Å². The van der Waals surface area contributed by atoms with Crippen molar-refractivity contribution in [1.82, 2.24) is 0 Å². The molecule has 1 N–H and O–H groups in total. The molecule has 0 aliphatic rings. The Kier molecular flexibility index (Phi) is 5.54. The molecular formula is C19H18N2O2. The molecule has 0 saturated carbocycles. The number of anilines is 1. The van der Waals surface area contributed by atoms with Crippen molar-refractivity contribution < 1.29 is 9.53 Å². The number of aryl methyl sites for hydroxylation is 1. The van der Waals surface area contributed by atoms with Gasteiger partial charge in [-0.3, -0.25) is 4.79 Å². The molecule has 2 rings (SSSR count). The van der Waals surface area contributed by atoms with Crippen LogP contribution in [0.1, 0.15) is 18.1 Å². The van der Waals surface area contributed by atoms with Crippen LogP contribution >= 0.6 is 0 Å². The van der Waals surface area contributed by atoms with E-state index in [1.54, 1.807) is 24.3 Å². The third kappa shape index (κ3) is 4.72. The highest BCUT2D eigenvalue weighted by Gasteiger charge is 2.10. The van der Waals surface area contributed by atoms with E-state index in [4.69, 9.17) is 4.74 Å². The average Bonchev–Trinajstić information content (AvgIpc) is 2.55. The van der Waals surface area contributed by atoms with Crippen LogP contribution in [0.15, 0.2) is 54.1 Å². The van der Waals surface area contributed by atoms with Crippen molar-refractivity contribution in [3.05, 3.63) is 65.2 Å². The Hall–Kier alpha value is -3.06. The van der Waals surface area contributed by atoms with E-state index in [-0.39, 0.29) is 5.57 Å². The largest absolute Gasteiger partial charge is 0.494 e. The lowest BCUT2D eigenvalue weighted by Crippen LogP contribution is -2.13. The second-order valence-electron chi connectivity index (χ2n) is 5.00. The number of hydrogen-bond donors (Lipinski definition) is 1. The SMILES string of the molecule is CCOc1cccc(NC(=O)/C(C#N)=C/c2ccc(C)cc2)c1. The third-order valence-electron chi connectivity index (χ3n) is 3.16. The van der Waals surface area contributed by atoms with Crippen LogP contribution in [0.4, 0.5) is 5.69 Å². The molecule has 0 unspecified atom stereocenters. The molecule has 0 aliphatic heterocycles. The number of carbonyl (C=O) groups excluding carboxylic acids is 1. The predicted molar refractivity (Wildman–Crippen MR) is 91.0 cm³/mol. The summed E-state index contributed by atoms with van der Waals surface area (Å²) in [6, 6.07) is 16.6. The second kappa shape index (κ2) is 7.81. The Balaban J connectivity index is 2.16. The predicted octanol–water partition coefficient (Wildman–Crippen LogP) is 3.94. The molecule has 0 radical (unpaired) electrons. The van der Waals surface area contributed by atoms with Gasteiger partial charge in [0.2, 0.25) is 0 Å². The minimum absolute atomic E-state index is 0.0515. The quantitative estimate of drug-likeness (QED) is 0.672. The van der Waals surface area contributed by atoms with Gasteiger partial charge in [0.05, 0.1) is 6.61 Å². The van der Waals surface area contributed by atoms with Crippen LogP contribution in [-0.2, 0) is 4.79 Å². The summed E-state index contributed by atoms with van der Waals surface area (Å²) in [6.07, 6.45) is 1.57. The number of carbonyl (C=O) groups is 1. The van der Waals surface area contributed by atoms with Crippen LogP contribution < -0.4 is 10.1 Å². The fourth-order valence-electron chi connectivity index (χ4n) is 2.01. The molecule has 1 amide bonds. The lowest BCUT2D eigenvalue weighted by molar-refractivity contribution is -0.112. The highest BCUT2D eigenvalue weighted by Crippen LogP contribution is 2.18. The second-order valence-corrected chi connectivity index (χ2v) is 5.00. The van der Waals surface area contributed by atoms with Gasteiger partial charge in [-0.05, 0) is 37.6 Å². The Morgan fingerprint density at radius 2 is 2.00 bits per heavy atom. The first-order chi connectivity index (χ1) is 11.1. The van der Waals surface area contributed by atoms with Gasteiger partial charge in [-0.2, -0.15) is 5.26 Å². The molecule has 4 nitrogen and oxygen atoms in total. The fraction of sp³-hybridized carbons (Fsp3) is 0.158. The first-order valence-electron chi connectivity index (χ1n) is 7.35. The summed E-state index contributed by atoms with van der Waals surface area (Å²) in [4.78, 5) is 12.2. The minimum Gasteiger partial charge on any atom is -0.494 e. The van der Waals surface area contributed by atoms with E-state index in [0.717, 1.165) is 11.1 Å². The van der Waals surface area contributed by atoms with Crippen LogP contribution in [0, 0.1) is 18.3 Å². The summed E-state index contributed by atoms with van der Waals surface area (Å²) in [6.45, 7) is 4.42. The van der Waals surface area contributed by atoms with Gasteiger partial charge in [-0.1, -0.05) is 35.9 Å². The molecule has 23 heavy (non-hydrogen) atoms. The number of ether oxygens (including phenoxy) is 1. The number of nitrogens with zero attached hydrogens (tertiary/aromatic N) is 1. The molecule has 0 aromatic heterocycles. The molecule has 0 atom stereocenters. The zero-order valence-corrected chi connectivity index (χ0v) is 13.2. The van der Waals surface area contributed by atoms with E-state index in [9.17, 15) is 10.1 Å². The monoisotopic (exact) mass is 306 g/mol. The number of nitrogens with one attached hydrogen (secondary N) is 1. The Bertz CT molecular complexity index is 756. The van der Waals surface area contributed by atoms with Crippen LogP contribution in [0.5, 0.6) is 5.75 Å². The molecule has 2 aromatic rings. The fourth-order valence-corrected chi connectivity index (χ4v) is 2.01. The van der Waals surface area contributed by atoms with Gasteiger partial charge in [-0.15, -0.1) is 0 Å². The molecule has 0 aliphatic carbocycles. The van der Waals surface area contributed by atoms with Crippen molar-refractivity contribution in [2.75, 3.05) is 11.9 Å². The molecule has 0 spiro atoms. The zero-order chi connectivity index (χ0) is 16.7. The minimum atomic E-state index is -0.443. The first kappa shape index (κ1) is 16.3. The van der Waals surface area contributed by atoms with Gasteiger partial charge in [0.25, 0.3) is 5.91 Å². The number of hydrogen-bond acceptors (Lipinski definition) is 3. The summed E-state index contributed by atoms with van der Waals surface area (Å²) in [5, 5.41) is 11.9. The standard InChI is InChI=1S/C19H18N2O2/c1-3-23-18-6-4-5-17(12-18)21-19(22)16(13-20)11-15-9-7-14(2)8-10-15/h4-12H,3H2,1-2H3,(H,21,22)/b16-11+. The zero-order valence-electron chi connectivity index (χ0n) is 13.2. The van der Waals surface area contributed by atoms with Crippen molar-refractivity contribution in [3.63, 3.8) is 0 Å². The molecule has 4 heteroatoms. The number of rotatable bonds is 5. The van der Waals surface area contributed by atoms with Gasteiger partial charge >= 0.3 is 0 Å². The number of amides is 1. The van der Waals surface area contributed by atoms with Crippen molar-refractivity contribution in [2.24, 2.45) is 0 Å². The van der Waals surface area contributed by atoms with Crippen LogP contribution in [0.25, 0.3) is 6.08 Å². The van der Waals surface area contributed by atoms with Crippen molar-refractivity contribution in [2.45, 2.75) is 13.8 Å². The van der Waals surface area contributed by atoms with E-state index in [1.165, 1.54) is 0 Å².